The fourth-order valence-electron chi connectivity index (χ4n) is 5.95. The van der Waals surface area contributed by atoms with Crippen molar-refractivity contribution in [1.82, 2.24) is 10.0 Å². The first-order valence-electron chi connectivity index (χ1n) is 16.0. The molecular weight excluding hydrogens is 647 g/mol. The molecule has 2 aliphatic heterocycles. The summed E-state index contributed by atoms with van der Waals surface area (Å²) in [5.74, 6) is 1.28. The molecule has 2 amide bonds. The van der Waals surface area contributed by atoms with Crippen molar-refractivity contribution in [3.63, 3.8) is 0 Å². The van der Waals surface area contributed by atoms with Crippen molar-refractivity contribution in [3.8, 4) is 11.5 Å². The van der Waals surface area contributed by atoms with Crippen molar-refractivity contribution in [2.24, 2.45) is 10.2 Å². The summed E-state index contributed by atoms with van der Waals surface area (Å²) in [6, 6.07) is 30.4. The molecule has 0 aromatic heterocycles. The second-order valence-electron chi connectivity index (χ2n) is 11.8. The van der Waals surface area contributed by atoms with Crippen molar-refractivity contribution in [2.45, 2.75) is 51.6 Å². The second-order valence-corrected chi connectivity index (χ2v) is 12.7. The first-order chi connectivity index (χ1) is 23.2. The molecule has 0 spiro atoms. The van der Waals surface area contributed by atoms with Crippen LogP contribution in [-0.2, 0) is 9.59 Å². The topological polar surface area (TPSA) is 83.8 Å². The highest BCUT2D eigenvalue weighted by molar-refractivity contribution is 6.30. The first-order valence-corrected chi connectivity index (χ1v) is 16.7. The van der Waals surface area contributed by atoms with E-state index < -0.39 is 0 Å². The van der Waals surface area contributed by atoms with Gasteiger partial charge in [0.2, 0.25) is 11.8 Å². The molecule has 6 rings (SSSR count). The van der Waals surface area contributed by atoms with E-state index in [1.54, 1.807) is 10.0 Å². The van der Waals surface area contributed by atoms with Gasteiger partial charge in [-0.3, -0.25) is 9.59 Å². The smallest absolute Gasteiger partial charge is 0.240 e. The van der Waals surface area contributed by atoms with Gasteiger partial charge in [-0.05, 0) is 72.5 Å². The van der Waals surface area contributed by atoms with Crippen molar-refractivity contribution < 1.29 is 19.1 Å². The van der Waals surface area contributed by atoms with Crippen LogP contribution in [0.25, 0.3) is 0 Å². The van der Waals surface area contributed by atoms with E-state index in [2.05, 4.69) is 10.2 Å². The number of hydrogen-bond acceptors (Lipinski definition) is 6. The monoisotopic (exact) mass is 682 g/mol. The molecule has 2 aliphatic rings. The average Bonchev–Trinajstić information content (AvgIpc) is 3.74. The largest absolute Gasteiger partial charge is 0.494 e. The van der Waals surface area contributed by atoms with E-state index in [9.17, 15) is 9.59 Å². The molecule has 2 unspecified atom stereocenters. The highest BCUT2D eigenvalue weighted by Gasteiger charge is 2.32. The number of nitrogens with zero attached hydrogens (tertiary/aromatic N) is 4. The summed E-state index contributed by atoms with van der Waals surface area (Å²) in [4.78, 5) is 24.8. The molecule has 0 radical (unpaired) electrons. The van der Waals surface area contributed by atoms with Crippen molar-refractivity contribution in [1.29, 1.82) is 0 Å². The molecule has 2 atom stereocenters. The Morgan fingerprint density at radius 1 is 0.646 bits per heavy atom. The number of benzene rings is 4. The summed E-state index contributed by atoms with van der Waals surface area (Å²) in [5.41, 5.74) is 5.51. The van der Waals surface area contributed by atoms with Crippen molar-refractivity contribution >= 4 is 46.4 Å². The molecule has 0 aliphatic carbocycles. The number of amides is 2. The van der Waals surface area contributed by atoms with Gasteiger partial charge in [-0.1, -0.05) is 71.7 Å². The van der Waals surface area contributed by atoms with Gasteiger partial charge in [0.05, 0.1) is 36.7 Å². The molecule has 0 bridgehead atoms. The van der Waals surface area contributed by atoms with Crippen LogP contribution < -0.4 is 9.47 Å². The molecular formula is C38H36Cl2N4O4. The molecule has 10 heteroatoms. The van der Waals surface area contributed by atoms with Crippen LogP contribution in [0.15, 0.2) is 107 Å². The van der Waals surface area contributed by atoms with Crippen LogP contribution in [0.1, 0.15) is 73.9 Å². The van der Waals surface area contributed by atoms with Gasteiger partial charge in [-0.15, -0.1) is 0 Å². The molecule has 0 saturated heterocycles. The number of carbonyl (C=O) groups excluding carboxylic acids is 2. The van der Waals surface area contributed by atoms with E-state index in [0.717, 1.165) is 58.0 Å². The lowest BCUT2D eigenvalue weighted by atomic mass is 9.98. The summed E-state index contributed by atoms with van der Waals surface area (Å²) < 4.78 is 12.1. The van der Waals surface area contributed by atoms with Crippen molar-refractivity contribution in [3.05, 3.63) is 129 Å². The van der Waals surface area contributed by atoms with Gasteiger partial charge in [-0.25, -0.2) is 10.0 Å². The molecule has 246 valence electrons. The van der Waals surface area contributed by atoms with Crippen LogP contribution in [0.2, 0.25) is 10.0 Å². The van der Waals surface area contributed by atoms with Crippen LogP contribution in [0, 0.1) is 0 Å². The summed E-state index contributed by atoms with van der Waals surface area (Å²) in [6.45, 7) is 4.13. The van der Waals surface area contributed by atoms with E-state index in [1.807, 2.05) is 97.1 Å². The van der Waals surface area contributed by atoms with Gasteiger partial charge in [0.1, 0.15) is 11.5 Å². The molecule has 0 N–H and O–H groups in total. The molecule has 2 heterocycles. The van der Waals surface area contributed by atoms with Gasteiger partial charge < -0.3 is 9.47 Å². The summed E-state index contributed by atoms with van der Waals surface area (Å²) in [6.07, 6.45) is 2.83. The van der Waals surface area contributed by atoms with Crippen LogP contribution in [0.5, 0.6) is 11.5 Å². The van der Waals surface area contributed by atoms with Gasteiger partial charge in [0, 0.05) is 47.9 Å². The quantitative estimate of drug-likeness (QED) is 0.148. The summed E-state index contributed by atoms with van der Waals surface area (Å²) >= 11 is 12.1. The zero-order valence-corrected chi connectivity index (χ0v) is 28.3. The number of ether oxygens (including phenoxy) is 2. The zero-order valence-electron chi connectivity index (χ0n) is 26.8. The Hall–Kier alpha value is -4.66. The number of hydrazone groups is 2. The third-order valence-corrected chi connectivity index (χ3v) is 8.89. The minimum Gasteiger partial charge on any atom is -0.494 e. The van der Waals surface area contributed by atoms with Crippen LogP contribution in [0.3, 0.4) is 0 Å². The van der Waals surface area contributed by atoms with Crippen LogP contribution >= 0.6 is 23.2 Å². The van der Waals surface area contributed by atoms with Gasteiger partial charge in [-0.2, -0.15) is 10.2 Å². The Labute approximate surface area is 290 Å². The maximum Gasteiger partial charge on any atom is 0.240 e. The van der Waals surface area contributed by atoms with Crippen molar-refractivity contribution in [2.75, 3.05) is 13.2 Å². The zero-order chi connectivity index (χ0) is 33.6. The predicted molar refractivity (Wildman–Crippen MR) is 189 cm³/mol. The number of unbranched alkanes of at least 4 members (excludes halogenated alkanes) is 1. The summed E-state index contributed by atoms with van der Waals surface area (Å²) in [7, 11) is 0. The molecule has 4 aromatic rings. The Morgan fingerprint density at radius 3 is 1.42 bits per heavy atom. The maximum absolute atomic E-state index is 12.4. The highest BCUT2D eigenvalue weighted by Crippen LogP contribution is 2.35. The van der Waals surface area contributed by atoms with Crippen LogP contribution in [0.4, 0.5) is 0 Å². The standard InChI is InChI=1S/C38H36Cl2N4O4/c1-25(45)43-37(27-11-15-31(39)16-12-27)23-35(41-43)29-7-5-9-33(21-29)47-19-3-4-20-48-34-10-6-8-30(22-34)36-24-38(44(42-36)26(2)46)28-13-17-32(40)18-14-28/h5-18,21-22,37-38H,3-4,19-20,23-24H2,1-2H3. The predicted octanol–water partition coefficient (Wildman–Crippen LogP) is 8.63. The van der Waals surface area contributed by atoms with E-state index in [-0.39, 0.29) is 23.9 Å². The molecule has 8 nitrogen and oxygen atoms in total. The highest BCUT2D eigenvalue weighted by atomic mass is 35.5. The molecule has 48 heavy (non-hydrogen) atoms. The summed E-state index contributed by atoms with van der Waals surface area (Å²) in [5, 5.41) is 13.7. The lowest BCUT2D eigenvalue weighted by Gasteiger charge is -2.20. The molecule has 4 aromatic carbocycles. The van der Waals surface area contributed by atoms with E-state index in [0.29, 0.717) is 36.1 Å². The minimum absolute atomic E-state index is 0.110. The number of hydrogen-bond donors (Lipinski definition) is 0. The molecule has 0 saturated carbocycles. The Morgan fingerprint density at radius 2 is 1.04 bits per heavy atom. The third kappa shape index (κ3) is 7.89. The Balaban J connectivity index is 0.990. The maximum atomic E-state index is 12.4. The normalized spacial score (nSPS) is 17.2. The van der Waals surface area contributed by atoms with Gasteiger partial charge in [0.15, 0.2) is 0 Å². The number of carbonyl (C=O) groups is 2. The lowest BCUT2D eigenvalue weighted by molar-refractivity contribution is -0.131. The van der Waals surface area contributed by atoms with E-state index >= 15 is 0 Å². The number of rotatable bonds is 11. The fraction of sp³-hybridized carbons (Fsp3) is 0.263. The number of halogens is 2. The SMILES string of the molecule is CC(=O)N1N=C(c2cccc(OCCCCOc3cccc(C4=NN(C(C)=O)C(c5ccc(Cl)cc5)C4)c3)c2)CC1c1ccc(Cl)cc1. The lowest BCUT2D eigenvalue weighted by Crippen LogP contribution is -2.24. The molecule has 0 fully saturated rings. The van der Waals surface area contributed by atoms with Gasteiger partial charge >= 0.3 is 0 Å². The third-order valence-electron chi connectivity index (χ3n) is 8.39. The fourth-order valence-corrected chi connectivity index (χ4v) is 6.21. The minimum atomic E-state index is -0.173. The Bertz CT molecular complexity index is 1710. The first kappa shape index (κ1) is 33.2. The van der Waals surface area contributed by atoms with E-state index in [4.69, 9.17) is 32.7 Å². The Kier molecular flexibility index (Phi) is 10.4. The van der Waals surface area contributed by atoms with E-state index in [1.165, 1.54) is 13.8 Å². The van der Waals surface area contributed by atoms with Gasteiger partial charge in [0.25, 0.3) is 0 Å². The van der Waals surface area contributed by atoms with Crippen LogP contribution in [-0.4, -0.2) is 46.5 Å². The second kappa shape index (κ2) is 15.0. The average molecular weight is 684 g/mol.